The predicted octanol–water partition coefficient (Wildman–Crippen LogP) is 8.02. The van der Waals surface area contributed by atoms with Gasteiger partial charge in [-0.25, -0.2) is 4.98 Å². The summed E-state index contributed by atoms with van der Waals surface area (Å²) in [5.41, 5.74) is 1.05. The van der Waals surface area contributed by atoms with Crippen molar-refractivity contribution in [1.82, 2.24) is 26.3 Å². The van der Waals surface area contributed by atoms with Crippen LogP contribution in [-0.4, -0.2) is 84.2 Å². The summed E-state index contributed by atoms with van der Waals surface area (Å²) in [7, 11) is 0. The van der Waals surface area contributed by atoms with Crippen molar-refractivity contribution in [2.45, 2.75) is 118 Å². The molecular weight excluding hydrogens is 892 g/mol. The number of hydrogen-bond donors (Lipinski definition) is 5. The van der Waals surface area contributed by atoms with Gasteiger partial charge in [0.05, 0.1) is 45.4 Å². The van der Waals surface area contributed by atoms with Crippen molar-refractivity contribution in [3.63, 3.8) is 0 Å². The van der Waals surface area contributed by atoms with Gasteiger partial charge in [0.2, 0.25) is 11.8 Å². The SMILES string of the molecule is Cc1ncsc1-c1ccc([C@](C)(NC(=O)C2CCCN2)C(=O)[C@@H](NC(=O)COCCCCOc2ccc(C(=O)NC3C(C)(C)C(Oc4ccc(C#N)c(Cl)c4)C3(C)C)cc2)C(C)(C)C)c(O)c1. The number of phenolic OH excluding ortho intramolecular Hbond substituents is 1. The number of aromatic hydroxyl groups is 1. The Hall–Kier alpha value is -5.53. The Morgan fingerprint density at radius 1 is 0.985 bits per heavy atom. The number of amides is 3. The molecule has 3 aromatic carbocycles. The van der Waals surface area contributed by atoms with E-state index < -0.39 is 45.6 Å². The van der Waals surface area contributed by atoms with Crippen LogP contribution in [0.5, 0.6) is 17.2 Å². The number of benzene rings is 3. The van der Waals surface area contributed by atoms with Gasteiger partial charge >= 0.3 is 0 Å². The van der Waals surface area contributed by atoms with Gasteiger partial charge in [0, 0.05) is 40.7 Å². The molecule has 358 valence electrons. The molecule has 0 radical (unpaired) electrons. The second-order valence-corrected chi connectivity index (χ2v) is 21.2. The lowest BCUT2D eigenvalue weighted by molar-refractivity contribution is -0.164. The molecule has 2 heterocycles. The minimum absolute atomic E-state index is 0.167. The van der Waals surface area contributed by atoms with Crippen molar-refractivity contribution in [3.8, 4) is 33.8 Å². The number of phenols is 1. The summed E-state index contributed by atoms with van der Waals surface area (Å²) in [4.78, 5) is 60.3. The fraction of sp³-hybridized carbons (Fsp3) is 0.490. The molecule has 6 rings (SSSR count). The molecule has 1 aliphatic carbocycles. The highest BCUT2D eigenvalue weighted by Gasteiger charge is 2.64. The molecular formula is C51H63ClN6O8S. The maximum Gasteiger partial charge on any atom is 0.251 e. The van der Waals surface area contributed by atoms with Gasteiger partial charge in [-0.1, -0.05) is 72.2 Å². The zero-order chi connectivity index (χ0) is 48.9. The van der Waals surface area contributed by atoms with Gasteiger partial charge in [-0.3, -0.25) is 19.2 Å². The van der Waals surface area contributed by atoms with Crippen molar-refractivity contribution >= 4 is 46.4 Å². The van der Waals surface area contributed by atoms with Gasteiger partial charge in [-0.15, -0.1) is 11.3 Å². The van der Waals surface area contributed by atoms with E-state index in [1.807, 2.05) is 27.7 Å². The Morgan fingerprint density at radius 3 is 2.27 bits per heavy atom. The van der Waals surface area contributed by atoms with Crippen LogP contribution in [0.25, 0.3) is 10.4 Å². The topological polar surface area (TPSA) is 201 Å². The molecule has 0 bridgehead atoms. The van der Waals surface area contributed by atoms with E-state index in [9.17, 15) is 29.5 Å². The molecule has 1 saturated heterocycles. The maximum atomic E-state index is 14.8. The quantitative estimate of drug-likeness (QED) is 0.0570. The third-order valence-corrected chi connectivity index (χ3v) is 14.2. The van der Waals surface area contributed by atoms with Crippen LogP contribution >= 0.6 is 22.9 Å². The van der Waals surface area contributed by atoms with Crippen LogP contribution < -0.4 is 30.7 Å². The molecule has 5 N–H and O–H groups in total. The number of carbonyl (C=O) groups excluding carboxylic acids is 4. The fourth-order valence-corrected chi connectivity index (χ4v) is 10.5. The zero-order valence-corrected chi connectivity index (χ0v) is 41.4. The number of aryl methyl sites for hydroxylation is 1. The maximum absolute atomic E-state index is 14.8. The molecule has 0 spiro atoms. The summed E-state index contributed by atoms with van der Waals surface area (Å²) in [6, 6.07) is 17.3. The number of unbranched alkanes of at least 4 members (excludes halogenated alkanes) is 1. The Kier molecular flexibility index (Phi) is 15.8. The van der Waals surface area contributed by atoms with E-state index in [4.69, 9.17) is 25.8 Å². The molecule has 4 aromatic rings. The van der Waals surface area contributed by atoms with Crippen molar-refractivity contribution < 1.29 is 38.5 Å². The Balaban J connectivity index is 0.972. The molecule has 1 aromatic heterocycles. The summed E-state index contributed by atoms with van der Waals surface area (Å²) in [5.74, 6) is -0.548. The molecule has 2 aliphatic rings. The molecule has 1 saturated carbocycles. The lowest BCUT2D eigenvalue weighted by atomic mass is 9.49. The van der Waals surface area contributed by atoms with Crippen molar-refractivity contribution in [3.05, 3.63) is 93.6 Å². The molecule has 3 amide bonds. The van der Waals surface area contributed by atoms with Crippen LogP contribution in [0.3, 0.4) is 0 Å². The summed E-state index contributed by atoms with van der Waals surface area (Å²) in [5, 5.41) is 33.2. The number of aromatic nitrogens is 1. The number of Topliss-reactive ketones (excluding diaryl/α,β-unsaturated/α-hetero) is 1. The monoisotopic (exact) mass is 954 g/mol. The number of nitrogens with zero attached hydrogens (tertiary/aromatic N) is 2. The number of ether oxygens (including phenoxy) is 3. The number of hydrogen-bond acceptors (Lipinski definition) is 12. The Morgan fingerprint density at radius 2 is 1.67 bits per heavy atom. The van der Waals surface area contributed by atoms with Crippen LogP contribution in [0.1, 0.15) is 108 Å². The van der Waals surface area contributed by atoms with E-state index in [2.05, 4.69) is 60.0 Å². The van der Waals surface area contributed by atoms with E-state index >= 15 is 0 Å². The van der Waals surface area contributed by atoms with Crippen LogP contribution in [0.2, 0.25) is 5.02 Å². The first-order valence-corrected chi connectivity index (χ1v) is 23.9. The molecule has 2 fully saturated rings. The smallest absolute Gasteiger partial charge is 0.251 e. The lowest BCUT2D eigenvalue weighted by Crippen LogP contribution is -2.74. The average Bonchev–Trinajstić information content (AvgIpc) is 3.98. The summed E-state index contributed by atoms with van der Waals surface area (Å²) in [6.07, 6.45) is 2.44. The van der Waals surface area contributed by atoms with Crippen LogP contribution in [0, 0.1) is 34.5 Å². The highest BCUT2D eigenvalue weighted by molar-refractivity contribution is 7.13. The predicted molar refractivity (Wildman–Crippen MR) is 258 cm³/mol. The molecule has 67 heavy (non-hydrogen) atoms. The highest BCUT2D eigenvalue weighted by Crippen LogP contribution is 2.55. The van der Waals surface area contributed by atoms with Crippen molar-refractivity contribution in [2.75, 3.05) is 26.4 Å². The van der Waals surface area contributed by atoms with Crippen molar-refractivity contribution in [2.24, 2.45) is 16.2 Å². The summed E-state index contributed by atoms with van der Waals surface area (Å²) >= 11 is 7.67. The first kappa shape index (κ1) is 50.9. The van der Waals surface area contributed by atoms with Gasteiger partial charge in [0.25, 0.3) is 5.91 Å². The molecule has 1 unspecified atom stereocenters. The van der Waals surface area contributed by atoms with E-state index in [0.29, 0.717) is 60.1 Å². The minimum Gasteiger partial charge on any atom is -0.508 e. The largest absolute Gasteiger partial charge is 0.508 e. The van der Waals surface area contributed by atoms with E-state index in [1.54, 1.807) is 73.1 Å². The number of carbonyl (C=O) groups is 4. The third-order valence-electron chi connectivity index (χ3n) is 13.0. The highest BCUT2D eigenvalue weighted by atomic mass is 35.5. The summed E-state index contributed by atoms with van der Waals surface area (Å²) in [6.45, 7) is 18.2. The first-order valence-electron chi connectivity index (χ1n) is 22.7. The molecule has 3 atom stereocenters. The number of ketones is 1. The van der Waals surface area contributed by atoms with Crippen LogP contribution in [-0.2, 0) is 24.7 Å². The zero-order valence-electron chi connectivity index (χ0n) is 39.8. The second kappa shape index (κ2) is 20.8. The second-order valence-electron chi connectivity index (χ2n) is 19.9. The third kappa shape index (κ3) is 11.4. The molecule has 16 heteroatoms. The van der Waals surface area contributed by atoms with Gasteiger partial charge in [0.1, 0.15) is 41.6 Å². The Labute approximate surface area is 402 Å². The fourth-order valence-electron chi connectivity index (χ4n) is 9.52. The molecule has 1 aliphatic heterocycles. The average molecular weight is 956 g/mol. The Bertz CT molecular complexity index is 2470. The van der Waals surface area contributed by atoms with Gasteiger partial charge in [-0.2, -0.15) is 5.26 Å². The van der Waals surface area contributed by atoms with E-state index in [0.717, 1.165) is 22.6 Å². The van der Waals surface area contributed by atoms with Gasteiger partial charge < -0.3 is 40.6 Å². The lowest BCUT2D eigenvalue weighted by Gasteiger charge is -2.63. The van der Waals surface area contributed by atoms with Crippen LogP contribution in [0.15, 0.2) is 66.2 Å². The number of nitriles is 1. The number of nitrogens with one attached hydrogen (secondary N) is 4. The van der Waals surface area contributed by atoms with Gasteiger partial charge in [0.15, 0.2) is 5.78 Å². The summed E-state index contributed by atoms with van der Waals surface area (Å²) < 4.78 is 18.0. The minimum atomic E-state index is -1.71. The van der Waals surface area contributed by atoms with Gasteiger partial charge in [-0.05, 0) is 99.5 Å². The number of rotatable bonds is 19. The normalized spacial score (nSPS) is 19.7. The number of halogens is 1. The van der Waals surface area contributed by atoms with E-state index in [1.165, 1.54) is 11.3 Å². The van der Waals surface area contributed by atoms with Crippen LogP contribution in [0.4, 0.5) is 0 Å². The number of thiazole rings is 1. The first-order chi connectivity index (χ1) is 31.6. The van der Waals surface area contributed by atoms with E-state index in [-0.39, 0.29) is 48.5 Å². The van der Waals surface area contributed by atoms with Crippen molar-refractivity contribution in [1.29, 1.82) is 5.26 Å². The standard InChI is InChI=1S/C51H63ClN6O8S/c1-30-41(67-29-55-30)32-17-21-36(39(59)25-32)51(9,58-45(63)38-13-12-22-54-38)43(61)42(48(2,3)4)56-40(60)28-64-23-10-11-24-65-34-18-14-31(15-19-34)44(62)57-46-49(5,6)47(50(46,7)8)66-35-20-16-33(27-53)37(52)26-35/h14-21,25-26,29,38,42,46-47,54,59H,10-13,22-24,28H2,1-9H3,(H,56,60)(H,57,62)(H,58,63)/t38?,42-,46?,47?,51+/m1/s1. The molecule has 14 nitrogen and oxygen atoms in total.